The fraction of sp³-hybridized carbons (Fsp3) is 0.233. The van der Waals surface area contributed by atoms with Crippen LogP contribution in [0.3, 0.4) is 0 Å². The van der Waals surface area contributed by atoms with Gasteiger partial charge in [0.25, 0.3) is 0 Å². The molecule has 1 aliphatic rings. The minimum Gasteiger partial charge on any atom is -0.497 e. The molecule has 5 rings (SSSR count). The highest BCUT2D eigenvalue weighted by Gasteiger charge is 2.19. The van der Waals surface area contributed by atoms with Crippen LogP contribution in [0.25, 0.3) is 28.2 Å². The molecular formula is C30H30N2O3. The molecule has 1 aliphatic heterocycles. The average molecular weight is 467 g/mol. The Kier molecular flexibility index (Phi) is 6.96. The maximum absolute atomic E-state index is 12.2. The van der Waals surface area contributed by atoms with Crippen LogP contribution in [0.5, 0.6) is 5.75 Å². The van der Waals surface area contributed by atoms with Crippen molar-refractivity contribution in [3.63, 3.8) is 0 Å². The lowest BCUT2D eigenvalue weighted by Crippen LogP contribution is -2.39. The van der Waals surface area contributed by atoms with E-state index in [1.807, 2.05) is 36.4 Å². The second-order valence-electron chi connectivity index (χ2n) is 8.95. The Morgan fingerprint density at radius 3 is 2.57 bits per heavy atom. The van der Waals surface area contributed by atoms with Gasteiger partial charge in [0.05, 0.1) is 12.8 Å². The first-order valence-electron chi connectivity index (χ1n) is 12.1. The predicted octanol–water partition coefficient (Wildman–Crippen LogP) is 6.06. The number of rotatable bonds is 7. The lowest BCUT2D eigenvalue weighted by molar-refractivity contribution is 0.240. The number of fused-ring (bicyclic) bond motifs is 1. The van der Waals surface area contributed by atoms with Gasteiger partial charge < -0.3 is 14.5 Å². The minimum absolute atomic E-state index is 0.315. The molecule has 1 aromatic heterocycles. The van der Waals surface area contributed by atoms with E-state index in [0.717, 1.165) is 60.4 Å². The summed E-state index contributed by atoms with van der Waals surface area (Å²) in [4.78, 5) is 14.7. The molecule has 5 heteroatoms. The molecule has 0 spiro atoms. The zero-order valence-corrected chi connectivity index (χ0v) is 19.9. The van der Waals surface area contributed by atoms with Gasteiger partial charge in [-0.05, 0) is 53.8 Å². The van der Waals surface area contributed by atoms with Crippen molar-refractivity contribution in [2.75, 3.05) is 32.1 Å². The fourth-order valence-electron chi connectivity index (χ4n) is 4.65. The van der Waals surface area contributed by atoms with Gasteiger partial charge in [-0.1, -0.05) is 60.7 Å². The number of methoxy groups -OCH3 is 1. The fourth-order valence-corrected chi connectivity index (χ4v) is 4.65. The molecule has 2 heterocycles. The van der Waals surface area contributed by atoms with E-state index in [2.05, 4.69) is 58.8 Å². The molecule has 0 unspecified atom stereocenters. The Hall–Kier alpha value is -3.83. The minimum atomic E-state index is -0.336. The smallest absolute Gasteiger partial charge is 0.338 e. The van der Waals surface area contributed by atoms with Crippen molar-refractivity contribution in [3.05, 3.63) is 101 Å². The molecule has 1 N–H and O–H groups in total. The van der Waals surface area contributed by atoms with E-state index in [0.29, 0.717) is 11.6 Å². The predicted molar refractivity (Wildman–Crippen MR) is 143 cm³/mol. The van der Waals surface area contributed by atoms with Crippen molar-refractivity contribution in [1.82, 2.24) is 4.90 Å². The molecule has 0 saturated carbocycles. The van der Waals surface area contributed by atoms with Crippen LogP contribution in [-0.2, 0) is 0 Å². The van der Waals surface area contributed by atoms with Crippen LogP contribution in [0.15, 0.2) is 94.2 Å². The Balaban J connectivity index is 1.28. The summed E-state index contributed by atoms with van der Waals surface area (Å²) in [5, 5.41) is 4.55. The van der Waals surface area contributed by atoms with Crippen molar-refractivity contribution >= 4 is 22.7 Å². The molecule has 178 valence electrons. The molecule has 3 aromatic carbocycles. The van der Waals surface area contributed by atoms with E-state index < -0.39 is 0 Å². The highest BCUT2D eigenvalue weighted by atomic mass is 16.5. The number of ether oxygens (including phenoxy) is 1. The topological polar surface area (TPSA) is 54.7 Å². The van der Waals surface area contributed by atoms with E-state index >= 15 is 0 Å². The van der Waals surface area contributed by atoms with Crippen molar-refractivity contribution in [1.29, 1.82) is 0 Å². The molecule has 5 nitrogen and oxygen atoms in total. The van der Waals surface area contributed by atoms with Crippen LogP contribution in [0.2, 0.25) is 0 Å². The van der Waals surface area contributed by atoms with Crippen LogP contribution >= 0.6 is 0 Å². The first-order chi connectivity index (χ1) is 17.2. The van der Waals surface area contributed by atoms with Gasteiger partial charge in [-0.2, -0.15) is 0 Å². The molecule has 0 aliphatic carbocycles. The molecule has 1 saturated heterocycles. The third-order valence-electron chi connectivity index (χ3n) is 6.57. The number of likely N-dealkylation sites (tertiary alicyclic amines) is 1. The number of nitrogens with one attached hydrogen (secondary N) is 1. The number of hydrogen-bond acceptors (Lipinski definition) is 5. The summed E-state index contributed by atoms with van der Waals surface area (Å²) in [5.41, 5.74) is 4.43. The molecule has 1 fully saturated rings. The Bertz CT molecular complexity index is 1370. The molecule has 0 amide bonds. The van der Waals surface area contributed by atoms with E-state index in [9.17, 15) is 4.79 Å². The summed E-state index contributed by atoms with van der Waals surface area (Å²) >= 11 is 0. The normalized spacial score (nSPS) is 15.0. The van der Waals surface area contributed by atoms with E-state index in [1.165, 1.54) is 5.56 Å². The van der Waals surface area contributed by atoms with Gasteiger partial charge in [0.1, 0.15) is 11.3 Å². The molecule has 4 aromatic rings. The molecule has 35 heavy (non-hydrogen) atoms. The number of piperidine rings is 1. The first-order valence-corrected chi connectivity index (χ1v) is 12.1. The van der Waals surface area contributed by atoms with Crippen LogP contribution < -0.4 is 15.7 Å². The van der Waals surface area contributed by atoms with Crippen LogP contribution in [0.4, 0.5) is 5.69 Å². The summed E-state index contributed by atoms with van der Waals surface area (Å²) in [5.74, 6) is 0.811. The maximum Gasteiger partial charge on any atom is 0.338 e. The summed E-state index contributed by atoms with van der Waals surface area (Å²) < 4.78 is 10.9. The average Bonchev–Trinajstić information content (AvgIpc) is 2.90. The number of benzene rings is 3. The lowest BCUT2D eigenvalue weighted by Gasteiger charge is -2.32. The lowest BCUT2D eigenvalue weighted by atomic mass is 10.0. The SMILES string of the molecule is COc1cccc(-c2ccc3oc(=O)cc(NC4CCN(C/C=C/c5ccccc5)CC4)c3c2)c1. The van der Waals surface area contributed by atoms with Gasteiger partial charge in [0.2, 0.25) is 0 Å². The monoisotopic (exact) mass is 466 g/mol. The summed E-state index contributed by atoms with van der Waals surface area (Å²) in [6.07, 6.45) is 6.46. The number of nitrogens with zero attached hydrogens (tertiary/aromatic N) is 1. The van der Waals surface area contributed by atoms with Crippen molar-refractivity contribution in [2.24, 2.45) is 0 Å². The Labute approximate surface area is 205 Å². The van der Waals surface area contributed by atoms with Crippen molar-refractivity contribution in [3.8, 4) is 16.9 Å². The quantitative estimate of drug-likeness (QED) is 0.336. The van der Waals surface area contributed by atoms with Gasteiger partial charge in [0.15, 0.2) is 0 Å². The standard InChI is InChI=1S/C30H30N2O3/c1-34-26-11-5-10-23(19-26)24-12-13-29-27(20-24)28(21-30(33)35-29)31-25-14-17-32(18-15-25)16-6-9-22-7-3-2-4-8-22/h2-13,19-21,25,31H,14-18H2,1H3/b9-6+. The Morgan fingerprint density at radius 2 is 1.77 bits per heavy atom. The summed E-state index contributed by atoms with van der Waals surface area (Å²) in [6.45, 7) is 2.99. The molecule has 0 radical (unpaired) electrons. The number of anilines is 1. The molecular weight excluding hydrogens is 436 g/mol. The van der Waals surface area contributed by atoms with Gasteiger partial charge in [0, 0.05) is 37.1 Å². The van der Waals surface area contributed by atoms with Crippen molar-refractivity contribution in [2.45, 2.75) is 18.9 Å². The summed E-state index contributed by atoms with van der Waals surface area (Å²) in [6, 6.07) is 26.2. The zero-order chi connectivity index (χ0) is 24.0. The van der Waals surface area contributed by atoms with E-state index in [-0.39, 0.29) is 5.63 Å². The van der Waals surface area contributed by atoms with Crippen molar-refractivity contribution < 1.29 is 9.15 Å². The van der Waals surface area contributed by atoms with E-state index in [1.54, 1.807) is 13.2 Å². The van der Waals surface area contributed by atoms with E-state index in [4.69, 9.17) is 9.15 Å². The first kappa shape index (κ1) is 22.9. The van der Waals surface area contributed by atoms with Crippen LogP contribution in [0, 0.1) is 0 Å². The summed E-state index contributed by atoms with van der Waals surface area (Å²) in [7, 11) is 1.67. The molecule has 0 bridgehead atoms. The third kappa shape index (κ3) is 5.64. The van der Waals surface area contributed by atoms with Gasteiger partial charge >= 0.3 is 5.63 Å². The third-order valence-corrected chi connectivity index (χ3v) is 6.57. The Morgan fingerprint density at radius 1 is 0.971 bits per heavy atom. The van der Waals surface area contributed by atoms with Crippen LogP contribution in [0.1, 0.15) is 18.4 Å². The highest BCUT2D eigenvalue weighted by Crippen LogP contribution is 2.31. The van der Waals surface area contributed by atoms with Gasteiger partial charge in [-0.15, -0.1) is 0 Å². The second-order valence-corrected chi connectivity index (χ2v) is 8.95. The number of hydrogen-bond donors (Lipinski definition) is 1. The van der Waals surface area contributed by atoms with Crippen LogP contribution in [-0.4, -0.2) is 37.7 Å². The molecule has 0 atom stereocenters. The largest absolute Gasteiger partial charge is 0.497 e. The van der Waals surface area contributed by atoms with Gasteiger partial charge in [-0.25, -0.2) is 4.79 Å². The van der Waals surface area contributed by atoms with Gasteiger partial charge in [-0.3, -0.25) is 4.90 Å². The highest BCUT2D eigenvalue weighted by molar-refractivity contribution is 5.93. The second kappa shape index (κ2) is 10.6. The zero-order valence-electron chi connectivity index (χ0n) is 19.9. The maximum atomic E-state index is 12.2.